The minimum absolute atomic E-state index is 0.0638. The number of halogens is 6. The smallest absolute Gasteiger partial charge is 0.419 e. The van der Waals surface area contributed by atoms with E-state index in [9.17, 15) is 17.6 Å². The van der Waals surface area contributed by atoms with Crippen LogP contribution in [0.1, 0.15) is 31.2 Å². The lowest BCUT2D eigenvalue weighted by Crippen LogP contribution is -2.51. The number of anilines is 1. The first-order valence-corrected chi connectivity index (χ1v) is 13.4. The summed E-state index contributed by atoms with van der Waals surface area (Å²) in [7, 11) is 2.00. The van der Waals surface area contributed by atoms with Crippen molar-refractivity contribution in [1.82, 2.24) is 20.2 Å². The Balaban J connectivity index is 1.50. The molecule has 0 aliphatic carbocycles. The highest BCUT2D eigenvalue weighted by Gasteiger charge is 2.39. The molecule has 12 heteroatoms. The molecular formula is C27H27ClF5N5O. The minimum Gasteiger partial charge on any atom is -0.462 e. The summed E-state index contributed by atoms with van der Waals surface area (Å²) >= 11 is 6.45. The highest BCUT2D eigenvalue weighted by molar-refractivity contribution is 6.34. The summed E-state index contributed by atoms with van der Waals surface area (Å²) in [4.78, 5) is 13.1. The number of likely N-dealkylation sites (N-methyl/N-ethyl adjacent to an activating group) is 1. The molecule has 3 saturated heterocycles. The number of nitrogens with one attached hydrogen (secondary N) is 1. The molecule has 0 spiro atoms. The normalized spacial score (nSPS) is 23.7. The first-order chi connectivity index (χ1) is 18.6. The predicted octanol–water partition coefficient (Wildman–Crippen LogP) is 5.66. The average molecular weight is 568 g/mol. The van der Waals surface area contributed by atoms with Crippen LogP contribution in [0.25, 0.3) is 22.0 Å². The van der Waals surface area contributed by atoms with Gasteiger partial charge in [0.2, 0.25) is 0 Å². The van der Waals surface area contributed by atoms with Gasteiger partial charge >= 0.3 is 12.2 Å². The van der Waals surface area contributed by atoms with Crippen molar-refractivity contribution in [2.45, 2.75) is 50.0 Å². The summed E-state index contributed by atoms with van der Waals surface area (Å²) < 4.78 is 78.1. The zero-order valence-corrected chi connectivity index (χ0v) is 21.9. The van der Waals surface area contributed by atoms with Crippen LogP contribution in [0.5, 0.6) is 6.01 Å². The number of ether oxygens (including phenoxy) is 1. The van der Waals surface area contributed by atoms with Crippen molar-refractivity contribution in [3.63, 3.8) is 0 Å². The maximum absolute atomic E-state index is 16.3. The van der Waals surface area contributed by atoms with Gasteiger partial charge < -0.3 is 19.9 Å². The zero-order valence-electron chi connectivity index (χ0n) is 21.2. The maximum Gasteiger partial charge on any atom is 0.419 e. The first-order valence-electron chi connectivity index (χ1n) is 13.0. The molecule has 208 valence electrons. The molecule has 2 aromatic carbocycles. The summed E-state index contributed by atoms with van der Waals surface area (Å²) in [5, 5.41) is 3.51. The quantitative estimate of drug-likeness (QED) is 0.402. The standard InChI is InChI=1S/C27H27ClF5N5O/c1-37-9-3-4-16(37)13-39-26-35-24-18(25(36-26)38-11-14-7-8-15(12-38)34-14)10-19(28)21(23(24)30)17-5-2-6-20(29)22(17)27(31,32)33/h2,5-6,10,14-16,34H,3-4,7-9,11-13H2,1H3/t14?,15?,16-/m0/s1. The number of alkyl halides is 3. The molecule has 3 fully saturated rings. The third-order valence-electron chi connectivity index (χ3n) is 8.00. The molecule has 3 aromatic rings. The van der Waals surface area contributed by atoms with E-state index in [1.807, 2.05) is 11.9 Å². The van der Waals surface area contributed by atoms with Crippen LogP contribution in [0.2, 0.25) is 5.02 Å². The number of hydrogen-bond donors (Lipinski definition) is 1. The molecule has 2 bridgehead atoms. The lowest BCUT2D eigenvalue weighted by molar-refractivity contribution is -0.139. The fourth-order valence-electron chi connectivity index (χ4n) is 6.06. The fourth-order valence-corrected chi connectivity index (χ4v) is 6.36. The molecule has 3 aliphatic rings. The molecule has 0 saturated carbocycles. The minimum atomic E-state index is -5.07. The second-order valence-electron chi connectivity index (χ2n) is 10.6. The van der Waals surface area contributed by atoms with Gasteiger partial charge in [-0.3, -0.25) is 0 Å². The van der Waals surface area contributed by atoms with Crippen LogP contribution in [0, 0.1) is 11.6 Å². The number of nitrogens with zero attached hydrogens (tertiary/aromatic N) is 4. The van der Waals surface area contributed by atoms with E-state index < -0.39 is 34.5 Å². The van der Waals surface area contributed by atoms with Crippen LogP contribution in [-0.4, -0.2) is 66.3 Å². The van der Waals surface area contributed by atoms with E-state index in [1.54, 1.807) is 0 Å². The summed E-state index contributed by atoms with van der Waals surface area (Å²) in [5.74, 6) is -2.19. The Morgan fingerprint density at radius 2 is 1.85 bits per heavy atom. The predicted molar refractivity (Wildman–Crippen MR) is 138 cm³/mol. The van der Waals surface area contributed by atoms with Gasteiger partial charge in [-0.25, -0.2) is 8.78 Å². The monoisotopic (exact) mass is 567 g/mol. The fraction of sp³-hybridized carbons (Fsp3) is 0.481. The molecule has 6 nitrogen and oxygen atoms in total. The van der Waals surface area contributed by atoms with Gasteiger partial charge in [-0.05, 0) is 51.4 Å². The van der Waals surface area contributed by atoms with Crippen molar-refractivity contribution in [1.29, 1.82) is 0 Å². The molecule has 4 heterocycles. The van der Waals surface area contributed by atoms with Crippen molar-refractivity contribution >= 4 is 28.3 Å². The van der Waals surface area contributed by atoms with Crippen molar-refractivity contribution in [2.24, 2.45) is 0 Å². The van der Waals surface area contributed by atoms with Gasteiger partial charge in [0.1, 0.15) is 23.8 Å². The molecule has 1 aromatic heterocycles. The van der Waals surface area contributed by atoms with Crippen molar-refractivity contribution in [2.75, 3.05) is 38.2 Å². The van der Waals surface area contributed by atoms with E-state index in [0.717, 1.165) is 44.4 Å². The lowest BCUT2D eigenvalue weighted by atomic mass is 9.96. The van der Waals surface area contributed by atoms with Gasteiger partial charge in [-0.1, -0.05) is 23.7 Å². The topological polar surface area (TPSA) is 53.5 Å². The number of benzene rings is 2. The van der Waals surface area contributed by atoms with Gasteiger partial charge in [-0.2, -0.15) is 23.1 Å². The van der Waals surface area contributed by atoms with Crippen LogP contribution in [0.4, 0.5) is 27.8 Å². The molecule has 39 heavy (non-hydrogen) atoms. The molecule has 1 N–H and O–H groups in total. The number of fused-ring (bicyclic) bond motifs is 3. The molecular weight excluding hydrogens is 541 g/mol. The summed E-state index contributed by atoms with van der Waals surface area (Å²) in [6, 6.07) is 4.72. The molecule has 0 radical (unpaired) electrons. The van der Waals surface area contributed by atoms with Crippen molar-refractivity contribution < 1.29 is 26.7 Å². The van der Waals surface area contributed by atoms with Crippen LogP contribution in [-0.2, 0) is 6.18 Å². The first kappa shape index (κ1) is 26.5. The Morgan fingerprint density at radius 1 is 1.10 bits per heavy atom. The van der Waals surface area contributed by atoms with Crippen LogP contribution < -0.4 is 15.0 Å². The zero-order chi connectivity index (χ0) is 27.5. The number of hydrogen-bond acceptors (Lipinski definition) is 6. The van der Waals surface area contributed by atoms with Crippen LogP contribution >= 0.6 is 11.6 Å². The summed E-state index contributed by atoms with van der Waals surface area (Å²) in [6.45, 7) is 2.47. The Hall–Kier alpha value is -2.76. The van der Waals surface area contributed by atoms with Gasteiger partial charge in [0, 0.05) is 47.7 Å². The Kier molecular flexibility index (Phi) is 6.79. The molecule has 2 unspecified atom stereocenters. The highest BCUT2D eigenvalue weighted by atomic mass is 35.5. The van der Waals surface area contributed by atoms with E-state index in [0.29, 0.717) is 31.6 Å². The van der Waals surface area contributed by atoms with Crippen molar-refractivity contribution in [3.05, 3.63) is 46.5 Å². The second kappa shape index (κ2) is 10.0. The Labute approximate surface area is 227 Å². The van der Waals surface area contributed by atoms with Crippen LogP contribution in [0.3, 0.4) is 0 Å². The third kappa shape index (κ3) is 4.89. The van der Waals surface area contributed by atoms with Gasteiger partial charge in [-0.15, -0.1) is 0 Å². The van der Waals surface area contributed by atoms with E-state index >= 15 is 4.39 Å². The number of aromatic nitrogens is 2. The Morgan fingerprint density at radius 3 is 2.51 bits per heavy atom. The van der Waals surface area contributed by atoms with Crippen molar-refractivity contribution in [3.8, 4) is 17.1 Å². The summed E-state index contributed by atoms with van der Waals surface area (Å²) in [5.41, 5.74) is -3.07. The average Bonchev–Trinajstić information content (AvgIpc) is 3.45. The van der Waals surface area contributed by atoms with E-state index in [4.69, 9.17) is 16.3 Å². The summed E-state index contributed by atoms with van der Waals surface area (Å²) in [6.07, 6.45) is -1.10. The van der Waals surface area contributed by atoms with Crippen LogP contribution in [0.15, 0.2) is 24.3 Å². The maximum atomic E-state index is 16.3. The second-order valence-corrected chi connectivity index (χ2v) is 11.0. The molecule has 6 rings (SSSR count). The number of likely N-dealkylation sites (tertiary alicyclic amines) is 1. The number of rotatable bonds is 5. The molecule has 3 atom stereocenters. The van der Waals surface area contributed by atoms with Gasteiger partial charge in [0.05, 0.1) is 10.6 Å². The molecule has 0 amide bonds. The van der Waals surface area contributed by atoms with Gasteiger partial charge in [0.25, 0.3) is 0 Å². The largest absolute Gasteiger partial charge is 0.462 e. The van der Waals surface area contributed by atoms with E-state index in [1.165, 1.54) is 6.07 Å². The number of piperazine rings is 1. The lowest BCUT2D eigenvalue weighted by Gasteiger charge is -2.34. The van der Waals surface area contributed by atoms with Gasteiger partial charge in [0.15, 0.2) is 5.82 Å². The van der Waals surface area contributed by atoms with E-state index in [-0.39, 0.29) is 40.1 Å². The highest BCUT2D eigenvalue weighted by Crippen LogP contribution is 2.45. The Bertz CT molecular complexity index is 1410. The van der Waals surface area contributed by atoms with E-state index in [2.05, 4.69) is 20.2 Å². The third-order valence-corrected chi connectivity index (χ3v) is 8.30. The SMILES string of the molecule is CN1CCC[C@H]1COc1nc(N2CC3CCC(C2)N3)c2cc(Cl)c(-c3cccc(F)c3C(F)(F)F)c(F)c2n1. The molecule has 3 aliphatic heterocycles.